The fraction of sp³-hybridized carbons (Fsp3) is 0.125. The topological polar surface area (TPSA) is 85.2 Å². The summed E-state index contributed by atoms with van der Waals surface area (Å²) in [5, 5.41) is 23.5. The number of nitriles is 1. The van der Waals surface area contributed by atoms with Crippen molar-refractivity contribution in [3.05, 3.63) is 65.2 Å². The van der Waals surface area contributed by atoms with E-state index in [0.29, 0.717) is 11.3 Å². The maximum absolute atomic E-state index is 13.1. The molecule has 0 unspecified atom stereocenters. The molecule has 0 saturated heterocycles. The Labute approximate surface area is 131 Å². The van der Waals surface area contributed by atoms with Crippen LogP contribution in [0.3, 0.4) is 0 Å². The smallest absolute Gasteiger partial charge is 0.319 e. The second kappa shape index (κ2) is 7.33. The molecular weight excluding hydrogens is 304 g/mol. The van der Waals surface area contributed by atoms with Gasteiger partial charge in [0.05, 0.1) is 17.7 Å². The van der Waals surface area contributed by atoms with E-state index in [0.717, 1.165) is 12.1 Å². The van der Waals surface area contributed by atoms with Crippen LogP contribution in [0.25, 0.3) is 0 Å². The largest absolute Gasteiger partial charge is 0.387 e. The molecule has 2 amide bonds. The Balaban J connectivity index is 1.87. The van der Waals surface area contributed by atoms with Crippen molar-refractivity contribution in [2.24, 2.45) is 0 Å². The summed E-state index contributed by atoms with van der Waals surface area (Å²) in [4.78, 5) is 11.7. The van der Waals surface area contributed by atoms with Gasteiger partial charge in [-0.1, -0.05) is 6.07 Å². The van der Waals surface area contributed by atoms with Crippen LogP contribution in [0, 0.1) is 23.0 Å². The normalized spacial score (nSPS) is 11.4. The standard InChI is InChI=1S/C16H13F2N3O2/c17-13-6-3-11(7-14(13)18)15(22)9-20-16(23)21-12-4-1-10(8-19)2-5-12/h1-7,15,22H,9H2,(H2,20,21,23)/t15-/m0/s1. The number of rotatable bonds is 4. The van der Waals surface area contributed by atoms with Crippen LogP contribution in [0.4, 0.5) is 19.3 Å². The van der Waals surface area contributed by atoms with Gasteiger partial charge < -0.3 is 15.7 Å². The summed E-state index contributed by atoms with van der Waals surface area (Å²) in [7, 11) is 0. The van der Waals surface area contributed by atoms with Crippen LogP contribution in [0.1, 0.15) is 17.2 Å². The zero-order valence-electron chi connectivity index (χ0n) is 11.9. The number of aliphatic hydroxyl groups is 1. The third kappa shape index (κ3) is 4.49. The van der Waals surface area contributed by atoms with E-state index in [9.17, 15) is 18.7 Å². The minimum atomic E-state index is -1.17. The first-order chi connectivity index (χ1) is 11.0. The highest BCUT2D eigenvalue weighted by Crippen LogP contribution is 2.15. The number of urea groups is 1. The first-order valence-corrected chi connectivity index (χ1v) is 6.67. The minimum absolute atomic E-state index is 0.155. The highest BCUT2D eigenvalue weighted by atomic mass is 19.2. The lowest BCUT2D eigenvalue weighted by atomic mass is 10.1. The average Bonchev–Trinajstić information content (AvgIpc) is 2.56. The molecule has 0 heterocycles. The number of aliphatic hydroxyl groups excluding tert-OH is 1. The molecule has 118 valence electrons. The van der Waals surface area contributed by atoms with Crippen molar-refractivity contribution in [3.8, 4) is 6.07 Å². The number of hydrogen-bond donors (Lipinski definition) is 3. The number of anilines is 1. The Hall–Kier alpha value is -2.98. The van der Waals surface area contributed by atoms with Crippen LogP contribution in [-0.4, -0.2) is 17.7 Å². The molecule has 0 bridgehead atoms. The zero-order chi connectivity index (χ0) is 16.8. The fourth-order valence-electron chi connectivity index (χ4n) is 1.83. The van der Waals surface area contributed by atoms with Crippen molar-refractivity contribution in [2.45, 2.75) is 6.10 Å². The van der Waals surface area contributed by atoms with E-state index in [1.54, 1.807) is 24.3 Å². The van der Waals surface area contributed by atoms with E-state index < -0.39 is 23.8 Å². The van der Waals surface area contributed by atoms with Crippen molar-refractivity contribution >= 4 is 11.7 Å². The first-order valence-electron chi connectivity index (χ1n) is 6.67. The molecule has 0 aliphatic rings. The number of nitrogens with one attached hydrogen (secondary N) is 2. The fourth-order valence-corrected chi connectivity index (χ4v) is 1.83. The number of benzene rings is 2. The summed E-state index contributed by atoms with van der Waals surface area (Å²) < 4.78 is 25.9. The van der Waals surface area contributed by atoms with Crippen molar-refractivity contribution in [1.82, 2.24) is 5.32 Å². The van der Waals surface area contributed by atoms with E-state index in [2.05, 4.69) is 10.6 Å². The number of carbonyl (C=O) groups is 1. The molecule has 2 aromatic rings. The Morgan fingerprint density at radius 1 is 1.17 bits per heavy atom. The third-order valence-electron chi connectivity index (χ3n) is 3.06. The van der Waals surface area contributed by atoms with Gasteiger partial charge >= 0.3 is 6.03 Å². The lowest BCUT2D eigenvalue weighted by Gasteiger charge is -2.13. The molecule has 0 aliphatic heterocycles. The number of nitrogens with zero attached hydrogens (tertiary/aromatic N) is 1. The molecule has 0 aromatic heterocycles. The van der Waals surface area contributed by atoms with Gasteiger partial charge in [-0.2, -0.15) is 5.26 Å². The Morgan fingerprint density at radius 2 is 1.87 bits per heavy atom. The Kier molecular flexibility index (Phi) is 5.23. The Morgan fingerprint density at radius 3 is 2.48 bits per heavy atom. The summed E-state index contributed by atoms with van der Waals surface area (Å²) in [5.74, 6) is -2.07. The van der Waals surface area contributed by atoms with Crippen LogP contribution < -0.4 is 10.6 Å². The molecule has 3 N–H and O–H groups in total. The molecule has 0 spiro atoms. The van der Waals surface area contributed by atoms with E-state index in [1.807, 2.05) is 6.07 Å². The van der Waals surface area contributed by atoms with Crippen molar-refractivity contribution < 1.29 is 18.7 Å². The SMILES string of the molecule is N#Cc1ccc(NC(=O)NC[C@H](O)c2ccc(F)c(F)c2)cc1. The van der Waals surface area contributed by atoms with Crippen LogP contribution in [-0.2, 0) is 0 Å². The van der Waals surface area contributed by atoms with E-state index in [4.69, 9.17) is 5.26 Å². The molecule has 5 nitrogen and oxygen atoms in total. The quantitative estimate of drug-likeness (QED) is 0.810. The van der Waals surface area contributed by atoms with E-state index >= 15 is 0 Å². The van der Waals surface area contributed by atoms with Gasteiger partial charge in [0, 0.05) is 12.2 Å². The predicted octanol–water partition coefficient (Wildman–Crippen LogP) is 2.69. The summed E-state index contributed by atoms with van der Waals surface area (Å²) in [5.41, 5.74) is 1.09. The molecule has 0 aliphatic carbocycles. The maximum atomic E-state index is 13.1. The number of halogens is 2. The molecule has 7 heteroatoms. The third-order valence-corrected chi connectivity index (χ3v) is 3.06. The first kappa shape index (κ1) is 16.4. The second-order valence-corrected chi connectivity index (χ2v) is 4.71. The van der Waals surface area contributed by atoms with Gasteiger partial charge in [-0.25, -0.2) is 13.6 Å². The summed E-state index contributed by atoms with van der Waals surface area (Å²) in [6, 6.07) is 10.6. The number of amides is 2. The molecule has 2 aromatic carbocycles. The Bertz CT molecular complexity index is 742. The molecule has 0 radical (unpaired) electrons. The maximum Gasteiger partial charge on any atom is 0.319 e. The number of carbonyl (C=O) groups excluding carboxylic acids is 1. The number of hydrogen-bond acceptors (Lipinski definition) is 3. The lowest BCUT2D eigenvalue weighted by molar-refractivity contribution is 0.174. The van der Waals surface area contributed by atoms with Crippen molar-refractivity contribution in [2.75, 3.05) is 11.9 Å². The van der Waals surface area contributed by atoms with Crippen molar-refractivity contribution in [3.63, 3.8) is 0 Å². The molecular formula is C16H13F2N3O2. The molecule has 2 rings (SSSR count). The zero-order valence-corrected chi connectivity index (χ0v) is 11.9. The predicted molar refractivity (Wildman–Crippen MR) is 79.5 cm³/mol. The van der Waals surface area contributed by atoms with Gasteiger partial charge in [0.25, 0.3) is 0 Å². The molecule has 0 fully saturated rings. The van der Waals surface area contributed by atoms with Crippen LogP contribution in [0.2, 0.25) is 0 Å². The lowest BCUT2D eigenvalue weighted by Crippen LogP contribution is -2.32. The molecule has 0 saturated carbocycles. The van der Waals surface area contributed by atoms with E-state index in [-0.39, 0.29) is 12.1 Å². The molecule has 1 atom stereocenters. The van der Waals surface area contributed by atoms with Crippen LogP contribution in [0.5, 0.6) is 0 Å². The second-order valence-electron chi connectivity index (χ2n) is 4.71. The monoisotopic (exact) mass is 317 g/mol. The summed E-state index contributed by atoms with van der Waals surface area (Å²) >= 11 is 0. The highest BCUT2D eigenvalue weighted by molar-refractivity contribution is 5.89. The van der Waals surface area contributed by atoms with Crippen molar-refractivity contribution in [1.29, 1.82) is 5.26 Å². The minimum Gasteiger partial charge on any atom is -0.387 e. The van der Waals surface area contributed by atoms with Gasteiger partial charge in [-0.05, 0) is 42.0 Å². The summed E-state index contributed by atoms with van der Waals surface area (Å²) in [6.07, 6.45) is -1.17. The summed E-state index contributed by atoms with van der Waals surface area (Å²) in [6.45, 7) is -0.173. The molecule has 23 heavy (non-hydrogen) atoms. The average molecular weight is 317 g/mol. The van der Waals surface area contributed by atoms with Crippen LogP contribution in [0.15, 0.2) is 42.5 Å². The van der Waals surface area contributed by atoms with Gasteiger partial charge in [0.1, 0.15) is 0 Å². The van der Waals surface area contributed by atoms with Crippen LogP contribution >= 0.6 is 0 Å². The van der Waals surface area contributed by atoms with Gasteiger partial charge in [0.2, 0.25) is 0 Å². The van der Waals surface area contributed by atoms with E-state index in [1.165, 1.54) is 6.07 Å². The highest BCUT2D eigenvalue weighted by Gasteiger charge is 2.12. The van der Waals surface area contributed by atoms with Gasteiger partial charge in [0.15, 0.2) is 11.6 Å². The van der Waals surface area contributed by atoms with Gasteiger partial charge in [-0.3, -0.25) is 0 Å². The van der Waals surface area contributed by atoms with Gasteiger partial charge in [-0.15, -0.1) is 0 Å².